The number of anilines is 2. The summed E-state index contributed by atoms with van der Waals surface area (Å²) in [6.07, 6.45) is 8.60. The second-order valence-corrected chi connectivity index (χ2v) is 9.79. The maximum absolute atomic E-state index is 12.4. The topological polar surface area (TPSA) is 151 Å². The summed E-state index contributed by atoms with van der Waals surface area (Å²) in [7, 11) is 0. The van der Waals surface area contributed by atoms with Gasteiger partial charge in [-0.15, -0.1) is 0 Å². The number of nitrogens with two attached hydrogens (primary N) is 2. The van der Waals surface area contributed by atoms with E-state index in [-0.39, 0.29) is 12.2 Å². The predicted octanol–water partition coefficient (Wildman–Crippen LogP) is 6.31. The Morgan fingerprint density at radius 3 is 2.21 bits per heavy atom. The molecule has 9 heteroatoms. The van der Waals surface area contributed by atoms with Crippen LogP contribution in [0, 0.1) is 0 Å². The molecule has 3 rings (SSSR count). The van der Waals surface area contributed by atoms with Crippen LogP contribution in [0.5, 0.6) is 11.5 Å². The lowest BCUT2D eigenvalue weighted by atomic mass is 9.98. The lowest BCUT2D eigenvalue weighted by molar-refractivity contribution is -0.128. The second kappa shape index (κ2) is 16.5. The third-order valence-electron chi connectivity index (χ3n) is 6.46. The molecule has 0 aliphatic heterocycles. The summed E-state index contributed by atoms with van der Waals surface area (Å²) in [6, 6.07) is 16.6. The molecule has 42 heavy (non-hydrogen) atoms. The molecule has 3 aromatic rings. The molecule has 9 nitrogen and oxygen atoms in total. The Morgan fingerprint density at radius 2 is 1.52 bits per heavy atom. The first-order valence-electron chi connectivity index (χ1n) is 14.1. The summed E-state index contributed by atoms with van der Waals surface area (Å²) in [6.45, 7) is 3.03. The maximum atomic E-state index is 12.4. The predicted molar refractivity (Wildman–Crippen MR) is 163 cm³/mol. The molecule has 0 unspecified atom stereocenters. The summed E-state index contributed by atoms with van der Waals surface area (Å²) in [5.74, 6) is -0.839. The molecule has 0 amide bonds. The number of hydrogen-bond acceptors (Lipinski definition) is 8. The standard InChI is InChI=1S/C33H38N2O7/c1-2-3-19-40-26-14-16-27(17-15-26)42-31(36)18-11-23-9-12-24(13-10-23)33(39)41-20-7-5-4-6-8-28-29(32(37)38)21-25(34)22-30(28)35/h9-18,21-22H,2-8,19-20,34-35H2,1H3,(H,37,38)/b18-11+. The summed E-state index contributed by atoms with van der Waals surface area (Å²) < 4.78 is 16.3. The van der Waals surface area contributed by atoms with Gasteiger partial charge in [0.05, 0.1) is 24.3 Å². The number of nitrogen functional groups attached to an aromatic ring is 2. The van der Waals surface area contributed by atoms with E-state index in [0.717, 1.165) is 43.4 Å². The van der Waals surface area contributed by atoms with Crippen LogP contribution in [0.1, 0.15) is 77.3 Å². The minimum Gasteiger partial charge on any atom is -0.494 e. The van der Waals surface area contributed by atoms with Crippen LogP contribution in [0.4, 0.5) is 11.4 Å². The summed E-state index contributed by atoms with van der Waals surface area (Å²) in [5, 5.41) is 9.39. The van der Waals surface area contributed by atoms with Gasteiger partial charge in [-0.3, -0.25) is 0 Å². The van der Waals surface area contributed by atoms with Crippen LogP contribution >= 0.6 is 0 Å². The number of ether oxygens (including phenoxy) is 3. The lowest BCUT2D eigenvalue weighted by Gasteiger charge is -2.11. The first-order chi connectivity index (χ1) is 20.3. The molecule has 0 saturated heterocycles. The largest absolute Gasteiger partial charge is 0.494 e. The molecule has 0 heterocycles. The molecular weight excluding hydrogens is 536 g/mol. The van der Waals surface area contributed by atoms with Crippen molar-refractivity contribution in [2.24, 2.45) is 0 Å². The number of hydrogen-bond donors (Lipinski definition) is 3. The van der Waals surface area contributed by atoms with Crippen molar-refractivity contribution in [3.63, 3.8) is 0 Å². The van der Waals surface area contributed by atoms with Gasteiger partial charge in [-0.05, 0) is 91.4 Å². The normalized spacial score (nSPS) is 10.9. The van der Waals surface area contributed by atoms with Crippen LogP contribution in [0.15, 0.2) is 66.7 Å². The molecule has 3 aromatic carbocycles. The molecule has 222 valence electrons. The highest BCUT2D eigenvalue weighted by Crippen LogP contribution is 2.24. The SMILES string of the molecule is CCCCOc1ccc(OC(=O)/C=C/c2ccc(C(=O)OCCCCCCc3c(N)cc(N)cc3C(=O)O)cc2)cc1. The fourth-order valence-corrected chi connectivity index (χ4v) is 4.18. The third-order valence-corrected chi connectivity index (χ3v) is 6.46. The molecular formula is C33H38N2O7. The van der Waals surface area contributed by atoms with Crippen molar-refractivity contribution in [3.05, 3.63) is 89.0 Å². The zero-order chi connectivity index (χ0) is 30.3. The highest BCUT2D eigenvalue weighted by atomic mass is 16.5. The molecule has 0 spiro atoms. The van der Waals surface area contributed by atoms with E-state index in [0.29, 0.717) is 47.7 Å². The van der Waals surface area contributed by atoms with E-state index in [1.54, 1.807) is 60.7 Å². The molecule has 0 saturated carbocycles. The molecule has 0 aliphatic rings. The van der Waals surface area contributed by atoms with Gasteiger partial charge < -0.3 is 30.8 Å². The summed E-state index contributed by atoms with van der Waals surface area (Å²) in [5.41, 5.74) is 14.3. The molecule has 0 aromatic heterocycles. The number of carboxylic acids is 1. The fraction of sp³-hybridized carbons (Fsp3) is 0.303. The highest BCUT2D eigenvalue weighted by Gasteiger charge is 2.14. The first-order valence-corrected chi connectivity index (χ1v) is 14.1. The van der Waals surface area contributed by atoms with Crippen LogP contribution in [0.25, 0.3) is 6.08 Å². The van der Waals surface area contributed by atoms with E-state index in [9.17, 15) is 19.5 Å². The second-order valence-electron chi connectivity index (χ2n) is 9.79. The number of benzene rings is 3. The zero-order valence-corrected chi connectivity index (χ0v) is 23.8. The summed E-state index contributed by atoms with van der Waals surface area (Å²) >= 11 is 0. The quantitative estimate of drug-likeness (QED) is 0.0588. The van der Waals surface area contributed by atoms with E-state index < -0.39 is 17.9 Å². The average Bonchev–Trinajstić information content (AvgIpc) is 2.97. The average molecular weight is 575 g/mol. The number of carbonyl (C=O) groups is 3. The van der Waals surface area contributed by atoms with Crippen molar-refractivity contribution in [2.75, 3.05) is 24.7 Å². The Kier molecular flexibility index (Phi) is 12.4. The first kappa shape index (κ1) is 31.7. The van der Waals surface area contributed by atoms with Crippen LogP contribution in [-0.4, -0.2) is 36.2 Å². The molecule has 0 aliphatic carbocycles. The van der Waals surface area contributed by atoms with Crippen molar-refractivity contribution < 1.29 is 33.7 Å². The van der Waals surface area contributed by atoms with Gasteiger partial charge in [0.1, 0.15) is 11.5 Å². The van der Waals surface area contributed by atoms with E-state index in [4.69, 9.17) is 25.7 Å². The minimum absolute atomic E-state index is 0.137. The van der Waals surface area contributed by atoms with Crippen molar-refractivity contribution in [3.8, 4) is 11.5 Å². The maximum Gasteiger partial charge on any atom is 0.338 e. The lowest BCUT2D eigenvalue weighted by Crippen LogP contribution is -2.08. The smallest absolute Gasteiger partial charge is 0.338 e. The van der Waals surface area contributed by atoms with Crippen LogP contribution in [0.2, 0.25) is 0 Å². The number of carbonyl (C=O) groups excluding carboxylic acids is 2. The van der Waals surface area contributed by atoms with Crippen LogP contribution in [0.3, 0.4) is 0 Å². The third kappa shape index (κ3) is 10.3. The van der Waals surface area contributed by atoms with Crippen molar-refractivity contribution in [1.29, 1.82) is 0 Å². The van der Waals surface area contributed by atoms with Gasteiger partial charge in [-0.1, -0.05) is 38.3 Å². The monoisotopic (exact) mass is 574 g/mol. The molecule has 0 fully saturated rings. The number of aromatic carboxylic acids is 1. The Bertz CT molecular complexity index is 1370. The van der Waals surface area contributed by atoms with Gasteiger partial charge in [-0.2, -0.15) is 0 Å². The number of rotatable bonds is 16. The van der Waals surface area contributed by atoms with Gasteiger partial charge in [0.2, 0.25) is 0 Å². The van der Waals surface area contributed by atoms with E-state index >= 15 is 0 Å². The van der Waals surface area contributed by atoms with Crippen LogP contribution < -0.4 is 20.9 Å². The van der Waals surface area contributed by atoms with Gasteiger partial charge in [-0.25, -0.2) is 14.4 Å². The van der Waals surface area contributed by atoms with Crippen molar-refractivity contribution in [2.45, 2.75) is 51.9 Å². The van der Waals surface area contributed by atoms with Crippen molar-refractivity contribution >= 4 is 35.4 Å². The van der Waals surface area contributed by atoms with Crippen molar-refractivity contribution in [1.82, 2.24) is 0 Å². The Hall–Kier alpha value is -4.79. The zero-order valence-electron chi connectivity index (χ0n) is 23.8. The fourth-order valence-electron chi connectivity index (χ4n) is 4.18. The van der Waals surface area contributed by atoms with Gasteiger partial charge in [0, 0.05) is 17.5 Å². The Labute approximate surface area is 246 Å². The Morgan fingerprint density at radius 1 is 0.833 bits per heavy atom. The van der Waals surface area contributed by atoms with Crippen LogP contribution in [-0.2, 0) is 16.0 Å². The Balaban J connectivity index is 1.35. The number of carboxylic acid groups (broad SMARTS) is 1. The highest BCUT2D eigenvalue weighted by molar-refractivity contribution is 5.93. The van der Waals surface area contributed by atoms with E-state index in [1.807, 2.05) is 0 Å². The van der Waals surface area contributed by atoms with Gasteiger partial charge >= 0.3 is 17.9 Å². The number of unbranched alkanes of at least 4 members (excludes halogenated alkanes) is 4. The molecule has 5 N–H and O–H groups in total. The van der Waals surface area contributed by atoms with E-state index in [2.05, 4.69) is 6.92 Å². The molecule has 0 radical (unpaired) electrons. The van der Waals surface area contributed by atoms with E-state index in [1.165, 1.54) is 12.1 Å². The minimum atomic E-state index is -1.05. The molecule has 0 bridgehead atoms. The summed E-state index contributed by atoms with van der Waals surface area (Å²) in [4.78, 5) is 36.0. The van der Waals surface area contributed by atoms with Gasteiger partial charge in [0.15, 0.2) is 0 Å². The number of esters is 2. The molecule has 0 atom stereocenters. The van der Waals surface area contributed by atoms with Gasteiger partial charge in [0.25, 0.3) is 0 Å².